The van der Waals surface area contributed by atoms with Gasteiger partial charge in [-0.3, -0.25) is 9.36 Å². The fourth-order valence-corrected chi connectivity index (χ4v) is 5.63. The van der Waals surface area contributed by atoms with Crippen LogP contribution in [0.3, 0.4) is 0 Å². The Balaban J connectivity index is 1.25. The molecular formula is C28H26Cl2N4OS. The second kappa shape index (κ2) is 11.5. The minimum absolute atomic E-state index is 0.209. The van der Waals surface area contributed by atoms with Crippen LogP contribution in [0.2, 0.25) is 10.0 Å². The lowest BCUT2D eigenvalue weighted by Crippen LogP contribution is -2.35. The smallest absolute Gasteiger partial charge is 0.222 e. The first-order chi connectivity index (χ1) is 17.6. The van der Waals surface area contributed by atoms with Crippen molar-refractivity contribution in [2.45, 2.75) is 37.4 Å². The summed E-state index contributed by atoms with van der Waals surface area (Å²) in [6, 6.07) is 24.1. The molecule has 2 heterocycles. The molecule has 3 aromatic carbocycles. The number of halogens is 2. The molecule has 1 aliphatic heterocycles. The highest BCUT2D eigenvalue weighted by Gasteiger charge is 2.20. The highest BCUT2D eigenvalue weighted by atomic mass is 35.5. The third kappa shape index (κ3) is 5.77. The Labute approximate surface area is 225 Å². The number of carbonyl (C=O) groups excluding carboxylic acids is 1. The molecule has 5 nitrogen and oxygen atoms in total. The van der Waals surface area contributed by atoms with E-state index in [2.05, 4.69) is 40.5 Å². The Hall–Kier alpha value is -2.80. The molecule has 0 radical (unpaired) electrons. The van der Waals surface area contributed by atoms with Gasteiger partial charge in [0.2, 0.25) is 5.91 Å². The third-order valence-corrected chi connectivity index (χ3v) is 8.07. The summed E-state index contributed by atoms with van der Waals surface area (Å²) >= 11 is 14.1. The fraction of sp³-hybridized carbons (Fsp3) is 0.250. The van der Waals surface area contributed by atoms with E-state index in [1.54, 1.807) is 17.8 Å². The maximum atomic E-state index is 12.8. The maximum Gasteiger partial charge on any atom is 0.222 e. The van der Waals surface area contributed by atoms with Crippen molar-refractivity contribution < 1.29 is 4.79 Å². The molecule has 0 N–H and O–H groups in total. The first-order valence-electron chi connectivity index (χ1n) is 12.0. The van der Waals surface area contributed by atoms with Gasteiger partial charge in [-0.25, -0.2) is 0 Å². The van der Waals surface area contributed by atoms with Crippen molar-refractivity contribution in [1.29, 1.82) is 0 Å². The molecule has 4 aromatic rings. The zero-order chi connectivity index (χ0) is 24.9. The van der Waals surface area contributed by atoms with Crippen molar-refractivity contribution in [2.24, 2.45) is 0 Å². The largest absolute Gasteiger partial charge is 0.338 e. The van der Waals surface area contributed by atoms with Crippen LogP contribution in [0, 0.1) is 0 Å². The van der Waals surface area contributed by atoms with Crippen molar-refractivity contribution in [3.05, 3.63) is 105 Å². The molecule has 0 saturated carbocycles. The van der Waals surface area contributed by atoms with Crippen molar-refractivity contribution in [3.63, 3.8) is 0 Å². The monoisotopic (exact) mass is 536 g/mol. The molecule has 184 valence electrons. The molecule has 1 aliphatic rings. The molecule has 5 rings (SSSR count). The molecular weight excluding hydrogens is 511 g/mol. The van der Waals surface area contributed by atoms with E-state index >= 15 is 0 Å². The van der Waals surface area contributed by atoms with Crippen LogP contribution in [0.25, 0.3) is 5.69 Å². The summed E-state index contributed by atoms with van der Waals surface area (Å²) in [7, 11) is 0. The molecule has 0 spiro atoms. The topological polar surface area (TPSA) is 51.0 Å². The highest BCUT2D eigenvalue weighted by molar-refractivity contribution is 7.99. The van der Waals surface area contributed by atoms with Gasteiger partial charge in [-0.15, -0.1) is 10.2 Å². The number of benzene rings is 3. The number of fused-ring (bicyclic) bond motifs is 1. The summed E-state index contributed by atoms with van der Waals surface area (Å²) in [5.74, 6) is 1.80. The number of aromatic nitrogens is 3. The van der Waals surface area contributed by atoms with Gasteiger partial charge in [0.15, 0.2) is 5.16 Å². The normalized spacial score (nSPS) is 13.0. The van der Waals surface area contributed by atoms with E-state index in [1.807, 2.05) is 45.9 Å². The Morgan fingerprint density at radius 1 is 0.917 bits per heavy atom. The first kappa shape index (κ1) is 24.9. The minimum atomic E-state index is 0.209. The molecule has 0 aliphatic carbocycles. The van der Waals surface area contributed by atoms with Crippen molar-refractivity contribution in [1.82, 2.24) is 19.7 Å². The maximum absolute atomic E-state index is 12.8. The summed E-state index contributed by atoms with van der Waals surface area (Å²) in [5, 5.41) is 10.7. The molecule has 8 heteroatoms. The van der Waals surface area contributed by atoms with Crippen LogP contribution >= 0.6 is 35.0 Å². The number of hydrogen-bond acceptors (Lipinski definition) is 4. The average molecular weight is 538 g/mol. The molecule has 0 unspecified atom stereocenters. The lowest BCUT2D eigenvalue weighted by molar-refractivity contribution is -0.132. The number of amides is 1. The van der Waals surface area contributed by atoms with Crippen molar-refractivity contribution in [2.75, 3.05) is 12.3 Å². The summed E-state index contributed by atoms with van der Waals surface area (Å²) in [6.07, 6.45) is 2.86. The van der Waals surface area contributed by atoms with Crippen LogP contribution in [0.15, 0.2) is 78.0 Å². The number of thioether (sulfide) groups is 1. The van der Waals surface area contributed by atoms with Gasteiger partial charge in [-0.2, -0.15) is 0 Å². The lowest BCUT2D eigenvalue weighted by atomic mass is 10.00. The molecule has 1 aromatic heterocycles. The second-order valence-electron chi connectivity index (χ2n) is 8.78. The zero-order valence-corrected chi connectivity index (χ0v) is 22.1. The van der Waals surface area contributed by atoms with Gasteiger partial charge in [-0.05, 0) is 47.7 Å². The number of rotatable bonds is 8. The standard InChI is InChI=1S/C28H26Cl2N4OS/c29-24-13-12-23(18-25(24)30)34-26(17-20-7-2-1-3-8-20)31-32-28(34)36-16-6-11-27(35)33-15-14-21-9-4-5-10-22(21)19-33/h1-5,7-10,12-13,18H,6,11,14-17,19H2. The Kier molecular flexibility index (Phi) is 7.95. The van der Waals surface area contributed by atoms with Crippen molar-refractivity contribution >= 4 is 40.9 Å². The van der Waals surface area contributed by atoms with Gasteiger partial charge in [0.1, 0.15) is 5.82 Å². The van der Waals surface area contributed by atoms with Crippen LogP contribution in [0.5, 0.6) is 0 Å². The van der Waals surface area contributed by atoms with Crippen LogP contribution in [0.1, 0.15) is 35.4 Å². The van der Waals surface area contributed by atoms with Crippen molar-refractivity contribution in [3.8, 4) is 5.69 Å². The van der Waals surface area contributed by atoms with E-state index in [4.69, 9.17) is 23.2 Å². The SMILES string of the molecule is O=C(CCCSc1nnc(Cc2ccccc2)n1-c1ccc(Cl)c(Cl)c1)N1CCc2ccccc2C1. The summed E-state index contributed by atoms with van der Waals surface area (Å²) in [4.78, 5) is 14.8. The summed E-state index contributed by atoms with van der Waals surface area (Å²) in [6.45, 7) is 1.49. The highest BCUT2D eigenvalue weighted by Crippen LogP contribution is 2.29. The Morgan fingerprint density at radius 3 is 2.50 bits per heavy atom. The number of hydrogen-bond donors (Lipinski definition) is 0. The minimum Gasteiger partial charge on any atom is -0.338 e. The molecule has 0 bridgehead atoms. The van der Waals surface area contributed by atoms with Crippen LogP contribution < -0.4 is 0 Å². The Morgan fingerprint density at radius 2 is 1.69 bits per heavy atom. The predicted octanol–water partition coefficient (Wildman–Crippen LogP) is 6.62. The van der Waals surface area contributed by atoms with E-state index < -0.39 is 0 Å². The summed E-state index contributed by atoms with van der Waals surface area (Å²) < 4.78 is 2.03. The molecule has 36 heavy (non-hydrogen) atoms. The fourth-order valence-electron chi connectivity index (χ4n) is 4.42. The van der Waals surface area contributed by atoms with E-state index in [9.17, 15) is 4.79 Å². The second-order valence-corrected chi connectivity index (χ2v) is 10.7. The van der Waals surface area contributed by atoms with Crippen LogP contribution in [-0.2, 0) is 24.2 Å². The van der Waals surface area contributed by atoms with E-state index in [0.29, 0.717) is 29.4 Å². The first-order valence-corrected chi connectivity index (χ1v) is 13.7. The third-order valence-electron chi connectivity index (χ3n) is 6.32. The molecule has 1 amide bonds. The lowest BCUT2D eigenvalue weighted by Gasteiger charge is -2.29. The van der Waals surface area contributed by atoms with E-state index in [-0.39, 0.29) is 5.91 Å². The van der Waals surface area contributed by atoms with Crippen LogP contribution in [-0.4, -0.2) is 37.9 Å². The van der Waals surface area contributed by atoms with Crippen LogP contribution in [0.4, 0.5) is 0 Å². The quantitative estimate of drug-likeness (QED) is 0.187. The number of carbonyl (C=O) groups is 1. The average Bonchev–Trinajstić information content (AvgIpc) is 3.30. The Bertz CT molecular complexity index is 1360. The summed E-state index contributed by atoms with van der Waals surface area (Å²) in [5.41, 5.74) is 4.62. The predicted molar refractivity (Wildman–Crippen MR) is 146 cm³/mol. The van der Waals surface area contributed by atoms with Gasteiger partial charge >= 0.3 is 0 Å². The van der Waals surface area contributed by atoms with Gasteiger partial charge < -0.3 is 4.90 Å². The van der Waals surface area contributed by atoms with Gasteiger partial charge in [0.25, 0.3) is 0 Å². The molecule has 0 saturated heterocycles. The zero-order valence-electron chi connectivity index (χ0n) is 19.7. The number of nitrogens with zero attached hydrogens (tertiary/aromatic N) is 4. The van der Waals surface area contributed by atoms with Gasteiger partial charge in [0, 0.05) is 31.7 Å². The van der Waals surface area contributed by atoms with E-state index in [0.717, 1.165) is 47.4 Å². The van der Waals surface area contributed by atoms with Gasteiger partial charge in [0.05, 0.1) is 15.7 Å². The molecule has 0 fully saturated rings. The van der Waals surface area contributed by atoms with E-state index in [1.165, 1.54) is 11.1 Å². The van der Waals surface area contributed by atoms with Gasteiger partial charge in [-0.1, -0.05) is 89.6 Å². The molecule has 0 atom stereocenters.